The van der Waals surface area contributed by atoms with Crippen LogP contribution in [0.25, 0.3) is 0 Å². The fourth-order valence-corrected chi connectivity index (χ4v) is 2.85. The molecule has 1 atom stereocenters. The maximum Gasteiger partial charge on any atom is 0.202 e. The van der Waals surface area contributed by atoms with Gasteiger partial charge < -0.3 is 9.88 Å². The van der Waals surface area contributed by atoms with Crippen LogP contribution in [0.1, 0.15) is 24.9 Å². The Kier molecular flexibility index (Phi) is 2.80. The molecule has 0 fully saturated rings. The van der Waals surface area contributed by atoms with E-state index in [1.807, 2.05) is 12.5 Å². The minimum atomic E-state index is 0.455. The molecule has 0 bridgehead atoms. The topological polar surface area (TPSA) is 55.6 Å². The summed E-state index contributed by atoms with van der Waals surface area (Å²) in [5, 5.41) is 4.41. The normalized spacial score (nSPS) is 19.0. The fraction of sp³-hybridized carbons (Fsp3) is 0.545. The third-order valence-corrected chi connectivity index (χ3v) is 3.77. The monoisotopic (exact) mass is 249 g/mol. The standard InChI is InChI=1S/C11H15N5S/c1-2-10-14-11(17-15-10)13-8-3-4-16-7-12-6-9(16)5-8/h6-8H,2-5H2,1H3,(H,13,14,15). The Labute approximate surface area is 104 Å². The van der Waals surface area contributed by atoms with Crippen molar-refractivity contribution in [1.29, 1.82) is 0 Å². The SMILES string of the molecule is CCc1nsc(NC2CCn3cncc3C2)n1. The van der Waals surface area contributed by atoms with Crippen LogP contribution in [-0.4, -0.2) is 25.0 Å². The first-order chi connectivity index (χ1) is 8.35. The summed E-state index contributed by atoms with van der Waals surface area (Å²) in [5.41, 5.74) is 1.30. The molecule has 2 aromatic heterocycles. The molecule has 0 aliphatic carbocycles. The number of imidazole rings is 1. The Morgan fingerprint density at radius 1 is 1.59 bits per heavy atom. The van der Waals surface area contributed by atoms with E-state index < -0.39 is 0 Å². The van der Waals surface area contributed by atoms with E-state index in [2.05, 4.69) is 31.1 Å². The smallest absolute Gasteiger partial charge is 0.202 e. The zero-order valence-electron chi connectivity index (χ0n) is 9.76. The number of nitrogens with one attached hydrogen (secondary N) is 1. The van der Waals surface area contributed by atoms with Crippen LogP contribution in [0.5, 0.6) is 0 Å². The largest absolute Gasteiger partial charge is 0.357 e. The Morgan fingerprint density at radius 2 is 2.53 bits per heavy atom. The van der Waals surface area contributed by atoms with Crippen molar-refractivity contribution in [3.63, 3.8) is 0 Å². The number of fused-ring (bicyclic) bond motifs is 1. The molecule has 2 aromatic rings. The van der Waals surface area contributed by atoms with E-state index in [-0.39, 0.29) is 0 Å². The lowest BCUT2D eigenvalue weighted by atomic mass is 10.1. The van der Waals surface area contributed by atoms with Crippen molar-refractivity contribution in [3.05, 3.63) is 24.0 Å². The molecule has 0 saturated carbocycles. The highest BCUT2D eigenvalue weighted by atomic mass is 32.1. The first-order valence-electron chi connectivity index (χ1n) is 5.93. The van der Waals surface area contributed by atoms with Crippen LogP contribution in [0, 0.1) is 0 Å². The Morgan fingerprint density at radius 3 is 3.35 bits per heavy atom. The second kappa shape index (κ2) is 4.44. The van der Waals surface area contributed by atoms with Crippen molar-refractivity contribution in [2.24, 2.45) is 0 Å². The van der Waals surface area contributed by atoms with Crippen LogP contribution >= 0.6 is 11.5 Å². The summed E-state index contributed by atoms with van der Waals surface area (Å²) in [5.74, 6) is 0.929. The summed E-state index contributed by atoms with van der Waals surface area (Å²) < 4.78 is 6.50. The molecule has 0 spiro atoms. The first-order valence-corrected chi connectivity index (χ1v) is 6.70. The van der Waals surface area contributed by atoms with E-state index in [4.69, 9.17) is 0 Å². The molecular formula is C11H15N5S. The van der Waals surface area contributed by atoms with Gasteiger partial charge in [-0.15, -0.1) is 0 Å². The number of hydrogen-bond acceptors (Lipinski definition) is 5. The molecule has 0 radical (unpaired) electrons. The lowest BCUT2D eigenvalue weighted by molar-refractivity contribution is 0.492. The van der Waals surface area contributed by atoms with Crippen LogP contribution in [0.15, 0.2) is 12.5 Å². The number of hydrogen-bond donors (Lipinski definition) is 1. The highest BCUT2D eigenvalue weighted by molar-refractivity contribution is 7.09. The Balaban J connectivity index is 1.67. The van der Waals surface area contributed by atoms with E-state index in [1.54, 1.807) is 0 Å². The third-order valence-electron chi connectivity index (χ3n) is 3.08. The summed E-state index contributed by atoms with van der Waals surface area (Å²) >= 11 is 1.46. The Bertz CT molecular complexity index is 503. The van der Waals surface area contributed by atoms with Gasteiger partial charge in [-0.2, -0.15) is 4.37 Å². The average Bonchev–Trinajstić information content (AvgIpc) is 2.96. The summed E-state index contributed by atoms with van der Waals surface area (Å²) in [6.07, 6.45) is 6.89. The van der Waals surface area contributed by atoms with Gasteiger partial charge in [0.15, 0.2) is 0 Å². The van der Waals surface area contributed by atoms with Gasteiger partial charge in [0.2, 0.25) is 5.13 Å². The van der Waals surface area contributed by atoms with Gasteiger partial charge in [0.05, 0.1) is 6.33 Å². The van der Waals surface area contributed by atoms with Gasteiger partial charge >= 0.3 is 0 Å². The second-order valence-corrected chi connectivity index (χ2v) is 5.03. The quantitative estimate of drug-likeness (QED) is 0.900. The van der Waals surface area contributed by atoms with Crippen molar-refractivity contribution in [3.8, 4) is 0 Å². The van der Waals surface area contributed by atoms with Gasteiger partial charge in [-0.05, 0) is 6.42 Å². The molecule has 0 saturated heterocycles. The second-order valence-electron chi connectivity index (χ2n) is 4.28. The van der Waals surface area contributed by atoms with E-state index in [1.165, 1.54) is 17.2 Å². The van der Waals surface area contributed by atoms with Crippen LogP contribution in [0.3, 0.4) is 0 Å². The predicted octanol–water partition coefficient (Wildman–Crippen LogP) is 1.72. The minimum Gasteiger partial charge on any atom is -0.357 e. The molecule has 0 aromatic carbocycles. The van der Waals surface area contributed by atoms with Crippen LogP contribution < -0.4 is 5.32 Å². The van der Waals surface area contributed by atoms with Crippen LogP contribution in [-0.2, 0) is 19.4 Å². The molecule has 5 nitrogen and oxygen atoms in total. The Hall–Kier alpha value is -1.43. The van der Waals surface area contributed by atoms with Crippen LogP contribution in [0.2, 0.25) is 0 Å². The molecule has 1 aliphatic rings. The van der Waals surface area contributed by atoms with E-state index in [0.29, 0.717) is 6.04 Å². The molecule has 3 heterocycles. The van der Waals surface area contributed by atoms with Gasteiger partial charge in [-0.25, -0.2) is 9.97 Å². The number of rotatable bonds is 3. The molecule has 90 valence electrons. The van der Waals surface area contributed by atoms with Crippen LogP contribution in [0.4, 0.5) is 5.13 Å². The third kappa shape index (κ3) is 2.17. The van der Waals surface area contributed by atoms with Crippen molar-refractivity contribution in [1.82, 2.24) is 18.9 Å². The first kappa shape index (κ1) is 10.7. The highest BCUT2D eigenvalue weighted by Gasteiger charge is 2.19. The van der Waals surface area contributed by atoms with E-state index in [0.717, 1.165) is 36.8 Å². The van der Waals surface area contributed by atoms with E-state index >= 15 is 0 Å². The lowest BCUT2D eigenvalue weighted by Gasteiger charge is -2.24. The maximum atomic E-state index is 4.44. The highest BCUT2D eigenvalue weighted by Crippen LogP contribution is 2.20. The van der Waals surface area contributed by atoms with Gasteiger partial charge in [-0.3, -0.25) is 0 Å². The van der Waals surface area contributed by atoms with Gasteiger partial charge in [0, 0.05) is 48.9 Å². The van der Waals surface area contributed by atoms with Gasteiger partial charge in [0.1, 0.15) is 5.82 Å². The van der Waals surface area contributed by atoms with Crippen molar-refractivity contribution in [2.45, 2.75) is 38.8 Å². The molecule has 1 N–H and O–H groups in total. The maximum absolute atomic E-state index is 4.44. The molecule has 3 rings (SSSR count). The predicted molar refractivity (Wildman–Crippen MR) is 67.2 cm³/mol. The number of aromatic nitrogens is 4. The molecular weight excluding hydrogens is 234 g/mol. The van der Waals surface area contributed by atoms with E-state index in [9.17, 15) is 0 Å². The van der Waals surface area contributed by atoms with Gasteiger partial charge in [-0.1, -0.05) is 6.92 Å². The van der Waals surface area contributed by atoms with Crippen molar-refractivity contribution < 1.29 is 0 Å². The number of aryl methyl sites for hydroxylation is 2. The summed E-state index contributed by atoms with van der Waals surface area (Å²) in [6, 6.07) is 0.455. The zero-order valence-corrected chi connectivity index (χ0v) is 10.6. The number of nitrogens with zero attached hydrogens (tertiary/aromatic N) is 4. The minimum absolute atomic E-state index is 0.455. The summed E-state index contributed by atoms with van der Waals surface area (Å²) in [6.45, 7) is 3.11. The molecule has 6 heteroatoms. The number of anilines is 1. The summed E-state index contributed by atoms with van der Waals surface area (Å²) in [7, 11) is 0. The molecule has 1 unspecified atom stereocenters. The van der Waals surface area contributed by atoms with Gasteiger partial charge in [0.25, 0.3) is 0 Å². The molecule has 17 heavy (non-hydrogen) atoms. The fourth-order valence-electron chi connectivity index (χ4n) is 2.12. The molecule has 1 aliphatic heterocycles. The van der Waals surface area contributed by atoms with Crippen molar-refractivity contribution >= 4 is 16.7 Å². The zero-order chi connectivity index (χ0) is 11.7. The van der Waals surface area contributed by atoms with Crippen molar-refractivity contribution in [2.75, 3.05) is 5.32 Å². The lowest BCUT2D eigenvalue weighted by Crippen LogP contribution is -2.29. The summed E-state index contributed by atoms with van der Waals surface area (Å²) in [4.78, 5) is 8.61. The molecule has 0 amide bonds. The average molecular weight is 249 g/mol.